The van der Waals surface area contributed by atoms with Crippen LogP contribution in [0.25, 0.3) is 23.1 Å². The van der Waals surface area contributed by atoms with Crippen molar-refractivity contribution in [2.45, 2.75) is 0 Å². The van der Waals surface area contributed by atoms with Crippen LogP contribution < -0.4 is 10.5 Å². The fourth-order valence-electron chi connectivity index (χ4n) is 1.72. The second kappa shape index (κ2) is 4.96. The predicted octanol–water partition coefficient (Wildman–Crippen LogP) is 1.78. The van der Waals surface area contributed by atoms with E-state index in [2.05, 4.69) is 20.1 Å². The summed E-state index contributed by atoms with van der Waals surface area (Å²) in [5.74, 6) is 1.61. The average Bonchev–Trinajstić information content (AvgIpc) is 2.97. The molecule has 0 atom stereocenters. The molecule has 0 aliphatic carbocycles. The third-order valence-electron chi connectivity index (χ3n) is 2.65. The van der Waals surface area contributed by atoms with Crippen molar-refractivity contribution in [1.82, 2.24) is 20.1 Å². The van der Waals surface area contributed by atoms with Crippen molar-refractivity contribution in [1.29, 1.82) is 0 Å². The van der Waals surface area contributed by atoms with Crippen molar-refractivity contribution in [3.05, 3.63) is 36.7 Å². The molecule has 100 valence electrons. The molecule has 3 aromatic rings. The molecule has 0 aliphatic rings. The molecule has 0 fully saturated rings. The quantitative estimate of drug-likeness (QED) is 0.723. The van der Waals surface area contributed by atoms with Gasteiger partial charge in [-0.3, -0.25) is 0 Å². The lowest BCUT2D eigenvalue weighted by Crippen LogP contribution is -1.92. The van der Waals surface area contributed by atoms with E-state index in [1.165, 1.54) is 0 Å². The molecule has 0 aliphatic heterocycles. The lowest BCUT2D eigenvalue weighted by atomic mass is 10.2. The molecule has 0 unspecified atom stereocenters. The van der Waals surface area contributed by atoms with E-state index >= 15 is 0 Å². The van der Waals surface area contributed by atoms with Crippen LogP contribution in [0, 0.1) is 0 Å². The molecule has 0 amide bonds. The van der Waals surface area contributed by atoms with E-state index in [0.717, 1.165) is 0 Å². The fraction of sp³-hybridized carbons (Fsp3) is 0.0769. The molecule has 0 saturated carbocycles. The molecule has 2 aromatic heterocycles. The summed E-state index contributed by atoms with van der Waals surface area (Å²) >= 11 is 0. The summed E-state index contributed by atoms with van der Waals surface area (Å²) in [6, 6.07) is 6.91. The first kappa shape index (κ1) is 12.1. The molecular formula is C13H11N5O2. The summed E-state index contributed by atoms with van der Waals surface area (Å²) in [6.07, 6.45) is 3.23. The van der Waals surface area contributed by atoms with Crippen LogP contribution in [0.1, 0.15) is 0 Å². The van der Waals surface area contributed by atoms with Crippen LogP contribution in [0.3, 0.4) is 0 Å². The minimum Gasteiger partial charge on any atom is -0.496 e. The van der Waals surface area contributed by atoms with Crippen molar-refractivity contribution in [3.63, 3.8) is 0 Å². The third-order valence-corrected chi connectivity index (χ3v) is 2.65. The van der Waals surface area contributed by atoms with Crippen molar-refractivity contribution >= 4 is 5.69 Å². The summed E-state index contributed by atoms with van der Waals surface area (Å²) in [4.78, 5) is 12.4. The third kappa shape index (κ3) is 2.16. The van der Waals surface area contributed by atoms with Gasteiger partial charge in [-0.15, -0.1) is 0 Å². The molecular weight excluding hydrogens is 258 g/mol. The summed E-state index contributed by atoms with van der Waals surface area (Å²) in [5.41, 5.74) is 6.97. The van der Waals surface area contributed by atoms with Gasteiger partial charge in [-0.2, -0.15) is 4.98 Å². The van der Waals surface area contributed by atoms with Crippen molar-refractivity contribution in [3.8, 4) is 28.9 Å². The van der Waals surface area contributed by atoms with E-state index in [0.29, 0.717) is 34.5 Å². The molecule has 0 radical (unpaired) electrons. The van der Waals surface area contributed by atoms with E-state index in [9.17, 15) is 0 Å². The second-order valence-electron chi connectivity index (χ2n) is 3.96. The standard InChI is InChI=1S/C13H11N5O2/c1-19-10-7-8(14)3-4-9(10)13-17-12(18-20-13)11-15-5-2-6-16-11/h2-7H,14H2,1H3. The maximum Gasteiger partial charge on any atom is 0.262 e. The van der Waals surface area contributed by atoms with E-state index in [1.54, 1.807) is 43.8 Å². The number of hydrogen-bond acceptors (Lipinski definition) is 7. The number of nitrogens with two attached hydrogens (primary N) is 1. The Morgan fingerprint density at radius 1 is 1.15 bits per heavy atom. The lowest BCUT2D eigenvalue weighted by Gasteiger charge is -2.05. The number of aromatic nitrogens is 4. The minimum atomic E-state index is 0.319. The summed E-state index contributed by atoms with van der Waals surface area (Å²) in [7, 11) is 1.55. The molecule has 0 spiro atoms. The van der Waals surface area contributed by atoms with E-state index in [-0.39, 0.29) is 0 Å². The van der Waals surface area contributed by atoms with Crippen LogP contribution in [-0.2, 0) is 0 Å². The van der Waals surface area contributed by atoms with Gasteiger partial charge in [-0.1, -0.05) is 5.16 Å². The van der Waals surface area contributed by atoms with Gasteiger partial charge in [0, 0.05) is 24.1 Å². The van der Waals surface area contributed by atoms with Gasteiger partial charge in [0.2, 0.25) is 11.6 Å². The Kier molecular flexibility index (Phi) is 3.00. The van der Waals surface area contributed by atoms with Crippen molar-refractivity contribution < 1.29 is 9.26 Å². The number of nitrogen functional groups attached to an aromatic ring is 1. The van der Waals surface area contributed by atoms with Crippen molar-refractivity contribution in [2.24, 2.45) is 0 Å². The molecule has 1 aromatic carbocycles. The van der Waals surface area contributed by atoms with Gasteiger partial charge < -0.3 is 15.0 Å². The van der Waals surface area contributed by atoms with Gasteiger partial charge in [-0.25, -0.2) is 9.97 Å². The zero-order chi connectivity index (χ0) is 13.9. The van der Waals surface area contributed by atoms with Gasteiger partial charge in [0.05, 0.1) is 12.7 Å². The Hall–Kier alpha value is -2.96. The number of anilines is 1. The first-order chi connectivity index (χ1) is 9.78. The van der Waals surface area contributed by atoms with Crippen LogP contribution >= 0.6 is 0 Å². The number of hydrogen-bond donors (Lipinski definition) is 1. The first-order valence-corrected chi connectivity index (χ1v) is 5.83. The number of nitrogens with zero attached hydrogens (tertiary/aromatic N) is 4. The molecule has 0 bridgehead atoms. The Bertz CT molecular complexity index is 727. The Labute approximate surface area is 114 Å². The Morgan fingerprint density at radius 3 is 2.70 bits per heavy atom. The summed E-state index contributed by atoms with van der Waals surface area (Å²) in [6.45, 7) is 0. The smallest absolute Gasteiger partial charge is 0.262 e. The zero-order valence-electron chi connectivity index (χ0n) is 10.6. The van der Waals surface area contributed by atoms with Crippen LogP contribution in [0.2, 0.25) is 0 Å². The molecule has 0 saturated heterocycles. The molecule has 7 heteroatoms. The van der Waals surface area contributed by atoms with Crippen LogP contribution in [0.5, 0.6) is 5.75 Å². The topological polar surface area (TPSA) is 100.0 Å². The zero-order valence-corrected chi connectivity index (χ0v) is 10.6. The molecule has 20 heavy (non-hydrogen) atoms. The fourth-order valence-corrected chi connectivity index (χ4v) is 1.72. The Balaban J connectivity index is 2.02. The minimum absolute atomic E-state index is 0.319. The monoisotopic (exact) mass is 269 g/mol. The average molecular weight is 269 g/mol. The maximum atomic E-state index is 5.71. The van der Waals surface area contributed by atoms with Crippen LogP contribution in [0.4, 0.5) is 5.69 Å². The molecule has 2 heterocycles. The number of rotatable bonds is 3. The highest BCUT2D eigenvalue weighted by molar-refractivity contribution is 5.67. The van der Waals surface area contributed by atoms with Gasteiger partial charge >= 0.3 is 0 Å². The van der Waals surface area contributed by atoms with Gasteiger partial charge in [0.1, 0.15) is 5.75 Å². The number of methoxy groups -OCH3 is 1. The molecule has 7 nitrogen and oxygen atoms in total. The van der Waals surface area contributed by atoms with E-state index in [4.69, 9.17) is 15.0 Å². The van der Waals surface area contributed by atoms with Crippen LogP contribution in [-0.4, -0.2) is 27.2 Å². The molecule has 3 rings (SSSR count). The summed E-state index contributed by atoms with van der Waals surface area (Å²) < 4.78 is 10.5. The highest BCUT2D eigenvalue weighted by Gasteiger charge is 2.16. The second-order valence-corrected chi connectivity index (χ2v) is 3.96. The van der Waals surface area contributed by atoms with Gasteiger partial charge in [-0.05, 0) is 18.2 Å². The SMILES string of the molecule is COc1cc(N)ccc1-c1nc(-c2ncccn2)no1. The lowest BCUT2D eigenvalue weighted by molar-refractivity contribution is 0.405. The largest absolute Gasteiger partial charge is 0.496 e. The normalized spacial score (nSPS) is 10.4. The van der Waals surface area contributed by atoms with E-state index in [1.807, 2.05) is 0 Å². The maximum absolute atomic E-state index is 5.71. The van der Waals surface area contributed by atoms with E-state index < -0.39 is 0 Å². The Morgan fingerprint density at radius 2 is 1.95 bits per heavy atom. The predicted molar refractivity (Wildman–Crippen MR) is 71.7 cm³/mol. The highest BCUT2D eigenvalue weighted by atomic mass is 16.5. The van der Waals surface area contributed by atoms with Crippen LogP contribution in [0.15, 0.2) is 41.2 Å². The number of benzene rings is 1. The van der Waals surface area contributed by atoms with Crippen molar-refractivity contribution in [2.75, 3.05) is 12.8 Å². The molecule has 2 N–H and O–H groups in total. The first-order valence-electron chi connectivity index (χ1n) is 5.83. The van der Waals surface area contributed by atoms with Gasteiger partial charge in [0.25, 0.3) is 5.89 Å². The number of ether oxygens (including phenoxy) is 1. The van der Waals surface area contributed by atoms with Gasteiger partial charge in [0.15, 0.2) is 0 Å². The summed E-state index contributed by atoms with van der Waals surface area (Å²) in [5, 5.41) is 3.86. The highest BCUT2D eigenvalue weighted by Crippen LogP contribution is 2.31.